The van der Waals surface area contributed by atoms with Gasteiger partial charge in [-0.05, 0) is 36.8 Å². The Morgan fingerprint density at radius 3 is 2.48 bits per heavy atom. The molecular formula is C29H45N2O2+. The molecule has 4 heteroatoms. The van der Waals surface area contributed by atoms with E-state index in [-0.39, 0.29) is 17.7 Å². The van der Waals surface area contributed by atoms with Crippen molar-refractivity contribution >= 4 is 5.69 Å². The second-order valence-corrected chi connectivity index (χ2v) is 12.2. The van der Waals surface area contributed by atoms with E-state index in [9.17, 15) is 10.2 Å². The molecule has 2 N–H and O–H groups in total. The van der Waals surface area contributed by atoms with Crippen LogP contribution in [0.4, 0.5) is 5.69 Å². The zero-order valence-electron chi connectivity index (χ0n) is 21.0. The van der Waals surface area contributed by atoms with Crippen LogP contribution in [0.25, 0.3) is 0 Å². The van der Waals surface area contributed by atoms with E-state index in [1.54, 1.807) is 0 Å². The number of likely N-dealkylation sites (N-methyl/N-ethyl adjacent to an activating group) is 1. The second-order valence-electron chi connectivity index (χ2n) is 12.2. The first-order valence-corrected chi connectivity index (χ1v) is 14.1. The van der Waals surface area contributed by atoms with Crippen molar-refractivity contribution in [1.82, 2.24) is 0 Å². The van der Waals surface area contributed by atoms with Crippen molar-refractivity contribution < 1.29 is 14.7 Å². The van der Waals surface area contributed by atoms with Crippen molar-refractivity contribution in [1.29, 1.82) is 0 Å². The van der Waals surface area contributed by atoms with Crippen molar-refractivity contribution in [2.75, 3.05) is 18.5 Å². The molecule has 6 aliphatic rings. The van der Waals surface area contributed by atoms with Gasteiger partial charge in [-0.15, -0.1) is 0 Å². The van der Waals surface area contributed by atoms with Crippen LogP contribution in [0.1, 0.15) is 83.6 Å². The number of quaternary nitrogens is 1. The molecule has 0 amide bonds. The third kappa shape index (κ3) is 2.64. The molecular weight excluding hydrogens is 408 g/mol. The minimum Gasteiger partial charge on any atom is -0.392 e. The first kappa shape index (κ1) is 22.4. The van der Waals surface area contributed by atoms with Crippen molar-refractivity contribution in [3.63, 3.8) is 0 Å². The number of unbranched alkanes of at least 4 members (excludes halogenated alkanes) is 6. The summed E-state index contributed by atoms with van der Waals surface area (Å²) in [7, 11) is 2.26. The van der Waals surface area contributed by atoms with Gasteiger partial charge in [-0.2, -0.15) is 0 Å². The number of hydrogen-bond acceptors (Lipinski definition) is 3. The topological polar surface area (TPSA) is 43.7 Å². The lowest BCUT2D eigenvalue weighted by Gasteiger charge is -2.68. The van der Waals surface area contributed by atoms with Gasteiger partial charge in [-0.25, -0.2) is 0 Å². The summed E-state index contributed by atoms with van der Waals surface area (Å²) < 4.78 is 0.899. The average molecular weight is 454 g/mol. The summed E-state index contributed by atoms with van der Waals surface area (Å²) in [4.78, 5) is 2.51. The Bertz CT molecular complexity index is 890. The predicted octanol–water partition coefficient (Wildman–Crippen LogP) is 4.82. The highest BCUT2D eigenvalue weighted by Crippen LogP contribution is 2.71. The lowest BCUT2D eigenvalue weighted by molar-refractivity contribution is -1.04. The Morgan fingerprint density at radius 1 is 1.00 bits per heavy atom. The third-order valence-electron chi connectivity index (χ3n) is 11.3. The molecule has 5 aliphatic heterocycles. The summed E-state index contributed by atoms with van der Waals surface area (Å²) in [5.74, 6) is 1.18. The van der Waals surface area contributed by atoms with Gasteiger partial charge in [0.15, 0.2) is 6.23 Å². The molecule has 0 unspecified atom stereocenters. The molecule has 1 saturated carbocycles. The zero-order valence-corrected chi connectivity index (χ0v) is 21.0. The maximum absolute atomic E-state index is 12.1. The Labute approximate surface area is 200 Å². The van der Waals surface area contributed by atoms with E-state index in [0.29, 0.717) is 35.9 Å². The fraction of sp³-hybridized carbons (Fsp3) is 0.793. The monoisotopic (exact) mass is 453 g/mol. The molecule has 182 valence electrons. The van der Waals surface area contributed by atoms with Crippen LogP contribution in [-0.4, -0.2) is 58.7 Å². The molecule has 0 radical (unpaired) electrons. The van der Waals surface area contributed by atoms with Crippen LogP contribution in [0.15, 0.2) is 24.3 Å². The quantitative estimate of drug-likeness (QED) is 0.416. The van der Waals surface area contributed by atoms with E-state index >= 15 is 0 Å². The number of fused-ring (bicyclic) bond motifs is 2. The summed E-state index contributed by atoms with van der Waals surface area (Å²) >= 11 is 0. The molecule has 5 heterocycles. The highest BCUT2D eigenvalue weighted by Gasteiger charge is 2.82. The SMILES string of the molecule is CCCCCCCCC[N@+]12[C@H](O)[C@@H](CC)[C@H]3C[C@H]1[C@@H]1N(C)c4ccccc4[C@]14C[C@H]2[C@H]3[C@@H]4O. The lowest BCUT2D eigenvalue weighted by Crippen LogP contribution is -2.83. The second kappa shape index (κ2) is 7.96. The molecule has 10 atom stereocenters. The molecule has 5 fully saturated rings. The van der Waals surface area contributed by atoms with Crippen molar-refractivity contribution in [2.24, 2.45) is 17.8 Å². The molecule has 1 aromatic carbocycles. The first-order chi connectivity index (χ1) is 16.0. The maximum atomic E-state index is 12.1. The smallest absolute Gasteiger partial charge is 0.194 e. The molecule has 4 nitrogen and oxygen atoms in total. The van der Waals surface area contributed by atoms with Gasteiger partial charge in [-0.3, -0.25) is 4.48 Å². The number of para-hydroxylation sites is 1. The van der Waals surface area contributed by atoms with Crippen LogP contribution >= 0.6 is 0 Å². The molecule has 4 saturated heterocycles. The normalized spacial score (nSPS) is 46.2. The van der Waals surface area contributed by atoms with Gasteiger partial charge in [0.1, 0.15) is 6.04 Å². The Hall–Kier alpha value is -1.10. The van der Waals surface area contributed by atoms with Gasteiger partial charge in [-0.1, -0.05) is 64.2 Å². The highest BCUT2D eigenvalue weighted by atomic mass is 16.3. The summed E-state index contributed by atoms with van der Waals surface area (Å²) in [5.41, 5.74) is 2.58. The molecule has 0 aromatic heterocycles. The molecule has 7 rings (SSSR count). The third-order valence-corrected chi connectivity index (χ3v) is 11.3. The number of piperidine rings is 4. The first-order valence-electron chi connectivity index (χ1n) is 14.1. The van der Waals surface area contributed by atoms with Crippen LogP contribution in [0.3, 0.4) is 0 Å². The van der Waals surface area contributed by atoms with Gasteiger partial charge >= 0.3 is 0 Å². The number of aliphatic hydroxyl groups excluding tert-OH is 2. The van der Waals surface area contributed by atoms with Gasteiger partial charge in [0.05, 0.1) is 30.1 Å². The van der Waals surface area contributed by atoms with Crippen LogP contribution < -0.4 is 4.90 Å². The number of rotatable bonds is 9. The fourth-order valence-electron chi connectivity index (χ4n) is 10.2. The maximum Gasteiger partial charge on any atom is 0.194 e. The van der Waals surface area contributed by atoms with E-state index in [1.807, 2.05) is 0 Å². The Balaban J connectivity index is 1.36. The molecule has 1 spiro atoms. The van der Waals surface area contributed by atoms with Gasteiger partial charge < -0.3 is 15.1 Å². The number of hydrogen-bond donors (Lipinski definition) is 2. The summed E-state index contributed by atoms with van der Waals surface area (Å²) in [5, 5.41) is 24.1. The van der Waals surface area contributed by atoms with Crippen molar-refractivity contribution in [3.8, 4) is 0 Å². The molecule has 1 aromatic rings. The highest BCUT2D eigenvalue weighted by molar-refractivity contribution is 5.66. The number of aliphatic hydroxyl groups is 2. The fourth-order valence-corrected chi connectivity index (χ4v) is 10.2. The molecule has 1 aliphatic carbocycles. The Kier molecular flexibility index (Phi) is 5.40. The van der Waals surface area contributed by atoms with Crippen LogP contribution in [0, 0.1) is 17.8 Å². The summed E-state index contributed by atoms with van der Waals surface area (Å²) in [6.45, 7) is 5.65. The van der Waals surface area contributed by atoms with Crippen molar-refractivity contribution in [2.45, 2.75) is 114 Å². The van der Waals surface area contributed by atoms with Gasteiger partial charge in [0, 0.05) is 37.4 Å². The van der Waals surface area contributed by atoms with Gasteiger partial charge in [0.2, 0.25) is 0 Å². The average Bonchev–Trinajstić information content (AvgIpc) is 3.21. The van der Waals surface area contributed by atoms with E-state index in [1.165, 1.54) is 62.6 Å². The number of anilines is 1. The van der Waals surface area contributed by atoms with Crippen LogP contribution in [0.5, 0.6) is 0 Å². The lowest BCUT2D eigenvalue weighted by atomic mass is 9.60. The van der Waals surface area contributed by atoms with E-state index in [4.69, 9.17) is 0 Å². The van der Waals surface area contributed by atoms with E-state index in [2.05, 4.69) is 50.1 Å². The number of benzene rings is 1. The number of nitrogens with zero attached hydrogens (tertiary/aromatic N) is 2. The van der Waals surface area contributed by atoms with Gasteiger partial charge in [0.25, 0.3) is 0 Å². The van der Waals surface area contributed by atoms with Crippen molar-refractivity contribution in [3.05, 3.63) is 29.8 Å². The van der Waals surface area contributed by atoms with E-state index in [0.717, 1.165) is 23.9 Å². The van der Waals surface area contributed by atoms with E-state index < -0.39 is 0 Å². The summed E-state index contributed by atoms with van der Waals surface area (Å²) in [6.07, 6.45) is 12.0. The standard InChI is InChI=1S/C29H45N2O2/c1-4-6-7-8-9-10-13-16-31-23-17-20(19(5-2)28(31)33)25-24(31)18-29(27(25)32)21-14-11-12-15-22(21)30(3)26(23)29/h11-12,14-15,19-20,23-28,32-33H,4-10,13,16-18H2,1-3H3/q+1/t19-,20+,23-,24-,25-,26-,27-,28+,29+,31-/m0/s1. The minimum atomic E-state index is -0.274. The summed E-state index contributed by atoms with van der Waals surface area (Å²) in [6, 6.07) is 10.1. The zero-order chi connectivity index (χ0) is 23.0. The predicted molar refractivity (Wildman–Crippen MR) is 133 cm³/mol. The van der Waals surface area contributed by atoms with Crippen LogP contribution in [0.2, 0.25) is 0 Å². The molecule has 33 heavy (non-hydrogen) atoms. The molecule has 5 bridgehead atoms. The van der Waals surface area contributed by atoms with Crippen LogP contribution in [-0.2, 0) is 5.41 Å². The minimum absolute atomic E-state index is 0.135. The Morgan fingerprint density at radius 2 is 1.73 bits per heavy atom. The largest absolute Gasteiger partial charge is 0.392 e.